The highest BCUT2D eigenvalue weighted by molar-refractivity contribution is 5.93. The summed E-state index contributed by atoms with van der Waals surface area (Å²) in [5, 5.41) is 10.8. The lowest BCUT2D eigenvalue weighted by atomic mass is 10.1. The number of carbonyl (C=O) groups excluding carboxylic acids is 1. The molecule has 0 saturated heterocycles. The molecule has 0 spiro atoms. The zero-order chi connectivity index (χ0) is 13.7. The fourth-order valence-corrected chi connectivity index (χ4v) is 1.87. The molecule has 2 aromatic rings. The van der Waals surface area contributed by atoms with Gasteiger partial charge in [-0.05, 0) is 17.7 Å². The number of hydrogen-bond donors (Lipinski definition) is 1. The molecule has 3 heteroatoms. The summed E-state index contributed by atoms with van der Waals surface area (Å²) in [7, 11) is 0. The van der Waals surface area contributed by atoms with Crippen molar-refractivity contribution < 1.29 is 10.0 Å². The van der Waals surface area contributed by atoms with Crippen molar-refractivity contribution in [2.24, 2.45) is 0 Å². The summed E-state index contributed by atoms with van der Waals surface area (Å²) < 4.78 is 0. The first kappa shape index (κ1) is 13.1. The molecule has 1 unspecified atom stereocenters. The molecule has 1 N–H and O–H groups in total. The molecule has 1 atom stereocenters. The van der Waals surface area contributed by atoms with Gasteiger partial charge in [-0.15, -0.1) is 6.58 Å². The van der Waals surface area contributed by atoms with Crippen LogP contribution in [0.2, 0.25) is 0 Å². The molecular weight excluding hydrogens is 238 g/mol. The van der Waals surface area contributed by atoms with E-state index in [9.17, 15) is 10.0 Å². The standard InChI is InChI=1S/C16H15NO2/c1-2-15(13-9-5-3-6-10-13)17(19)16(18)14-11-7-4-8-12-14/h2-12,15,19H,1H2. The molecule has 96 valence electrons. The number of nitrogens with zero attached hydrogens (tertiary/aromatic N) is 1. The van der Waals surface area contributed by atoms with Gasteiger partial charge in [0.2, 0.25) is 0 Å². The molecule has 1 amide bonds. The van der Waals surface area contributed by atoms with E-state index in [-0.39, 0.29) is 0 Å². The Balaban J connectivity index is 2.25. The molecule has 3 nitrogen and oxygen atoms in total. The Labute approximate surface area is 112 Å². The van der Waals surface area contributed by atoms with E-state index in [0.717, 1.165) is 5.56 Å². The van der Waals surface area contributed by atoms with Gasteiger partial charge in [0, 0.05) is 5.56 Å². The average Bonchev–Trinajstić information content (AvgIpc) is 2.49. The second-order valence-corrected chi connectivity index (χ2v) is 4.11. The van der Waals surface area contributed by atoms with Crippen molar-refractivity contribution in [3.8, 4) is 0 Å². The highest BCUT2D eigenvalue weighted by Gasteiger charge is 2.21. The minimum atomic E-state index is -0.561. The summed E-state index contributed by atoms with van der Waals surface area (Å²) in [5.74, 6) is -0.450. The molecule has 0 heterocycles. The summed E-state index contributed by atoms with van der Waals surface area (Å²) in [4.78, 5) is 12.1. The first-order valence-electron chi connectivity index (χ1n) is 5.99. The molecule has 0 aromatic heterocycles. The van der Waals surface area contributed by atoms with Gasteiger partial charge in [0.05, 0.1) is 0 Å². The predicted molar refractivity (Wildman–Crippen MR) is 73.8 cm³/mol. The minimum absolute atomic E-state index is 0.438. The number of amides is 1. The van der Waals surface area contributed by atoms with Gasteiger partial charge < -0.3 is 0 Å². The Morgan fingerprint density at radius 3 is 2.11 bits per heavy atom. The maximum atomic E-state index is 12.1. The van der Waals surface area contributed by atoms with E-state index >= 15 is 0 Å². The number of hydroxylamine groups is 2. The van der Waals surface area contributed by atoms with Gasteiger partial charge in [-0.2, -0.15) is 0 Å². The highest BCUT2D eigenvalue weighted by Crippen LogP contribution is 2.21. The molecule has 0 aliphatic rings. The van der Waals surface area contributed by atoms with E-state index in [1.165, 1.54) is 6.08 Å². The van der Waals surface area contributed by atoms with Crippen LogP contribution in [0.4, 0.5) is 0 Å². The second kappa shape index (κ2) is 5.98. The smallest absolute Gasteiger partial charge is 0.278 e. The monoisotopic (exact) mass is 253 g/mol. The Bertz CT molecular complexity index is 551. The fourth-order valence-electron chi connectivity index (χ4n) is 1.87. The van der Waals surface area contributed by atoms with Crippen LogP contribution in [0.1, 0.15) is 22.0 Å². The van der Waals surface area contributed by atoms with Crippen LogP contribution in [0.25, 0.3) is 0 Å². The molecule has 2 aromatic carbocycles. The Kier molecular flexibility index (Phi) is 4.11. The van der Waals surface area contributed by atoms with E-state index in [1.54, 1.807) is 24.3 Å². The number of hydrogen-bond acceptors (Lipinski definition) is 2. The van der Waals surface area contributed by atoms with Gasteiger partial charge >= 0.3 is 0 Å². The lowest BCUT2D eigenvalue weighted by Crippen LogP contribution is -2.30. The van der Waals surface area contributed by atoms with E-state index < -0.39 is 11.9 Å². The molecule has 0 aliphatic carbocycles. The Hall–Kier alpha value is -2.39. The molecule has 2 rings (SSSR count). The second-order valence-electron chi connectivity index (χ2n) is 4.11. The zero-order valence-electron chi connectivity index (χ0n) is 10.4. The summed E-state index contributed by atoms with van der Waals surface area (Å²) in [6.07, 6.45) is 1.54. The third-order valence-corrected chi connectivity index (χ3v) is 2.86. The third-order valence-electron chi connectivity index (χ3n) is 2.86. The van der Waals surface area contributed by atoms with Crippen LogP contribution in [0, 0.1) is 0 Å². The molecule has 0 saturated carbocycles. The van der Waals surface area contributed by atoms with Crippen LogP contribution >= 0.6 is 0 Å². The maximum absolute atomic E-state index is 12.1. The van der Waals surface area contributed by atoms with Crippen LogP contribution in [0.5, 0.6) is 0 Å². The number of rotatable bonds is 4. The summed E-state index contributed by atoms with van der Waals surface area (Å²) in [6.45, 7) is 3.68. The largest absolute Gasteiger partial charge is 0.285 e. The lowest BCUT2D eigenvalue weighted by molar-refractivity contribution is -0.0779. The first-order valence-corrected chi connectivity index (χ1v) is 5.99. The van der Waals surface area contributed by atoms with Crippen molar-refractivity contribution in [1.29, 1.82) is 0 Å². The SMILES string of the molecule is C=CC(c1ccccc1)N(O)C(=O)c1ccccc1. The molecule has 0 bridgehead atoms. The molecule has 0 fully saturated rings. The van der Waals surface area contributed by atoms with Crippen LogP contribution in [0.15, 0.2) is 73.3 Å². The predicted octanol–water partition coefficient (Wildman–Crippen LogP) is 3.45. The quantitative estimate of drug-likeness (QED) is 0.515. The van der Waals surface area contributed by atoms with E-state index in [2.05, 4.69) is 6.58 Å². The van der Waals surface area contributed by atoms with Gasteiger partial charge in [0.25, 0.3) is 5.91 Å². The van der Waals surface area contributed by atoms with Crippen LogP contribution in [-0.2, 0) is 0 Å². The third kappa shape index (κ3) is 2.89. The van der Waals surface area contributed by atoms with Gasteiger partial charge in [0.15, 0.2) is 0 Å². The first-order chi connectivity index (χ1) is 9.24. The van der Waals surface area contributed by atoms with Gasteiger partial charge in [-0.1, -0.05) is 54.6 Å². The van der Waals surface area contributed by atoms with Crippen LogP contribution in [0.3, 0.4) is 0 Å². The summed E-state index contributed by atoms with van der Waals surface area (Å²) in [6, 6.07) is 17.4. The average molecular weight is 253 g/mol. The number of benzene rings is 2. The molecule has 19 heavy (non-hydrogen) atoms. The van der Waals surface area contributed by atoms with Crippen molar-refractivity contribution in [2.45, 2.75) is 6.04 Å². The van der Waals surface area contributed by atoms with E-state index in [0.29, 0.717) is 10.6 Å². The normalized spacial score (nSPS) is 11.6. The van der Waals surface area contributed by atoms with Gasteiger partial charge in [0.1, 0.15) is 6.04 Å². The van der Waals surface area contributed by atoms with Crippen molar-refractivity contribution in [3.05, 3.63) is 84.4 Å². The number of carbonyl (C=O) groups is 1. The summed E-state index contributed by atoms with van der Waals surface area (Å²) >= 11 is 0. The van der Waals surface area contributed by atoms with Gasteiger partial charge in [-0.25, -0.2) is 5.06 Å². The van der Waals surface area contributed by atoms with Crippen molar-refractivity contribution in [1.82, 2.24) is 5.06 Å². The van der Waals surface area contributed by atoms with E-state index in [4.69, 9.17) is 0 Å². The van der Waals surface area contributed by atoms with Crippen molar-refractivity contribution >= 4 is 5.91 Å². The van der Waals surface area contributed by atoms with E-state index in [1.807, 2.05) is 36.4 Å². The topological polar surface area (TPSA) is 40.5 Å². The minimum Gasteiger partial charge on any atom is -0.285 e. The molecule has 0 aliphatic heterocycles. The van der Waals surface area contributed by atoms with Gasteiger partial charge in [-0.3, -0.25) is 10.0 Å². The highest BCUT2D eigenvalue weighted by atomic mass is 16.5. The maximum Gasteiger partial charge on any atom is 0.278 e. The van der Waals surface area contributed by atoms with Crippen LogP contribution < -0.4 is 0 Å². The van der Waals surface area contributed by atoms with Crippen molar-refractivity contribution in [3.63, 3.8) is 0 Å². The summed E-state index contributed by atoms with van der Waals surface area (Å²) in [5.41, 5.74) is 1.25. The van der Waals surface area contributed by atoms with Crippen molar-refractivity contribution in [2.75, 3.05) is 0 Å². The fraction of sp³-hybridized carbons (Fsp3) is 0.0625. The van der Waals surface area contributed by atoms with Crippen LogP contribution in [-0.4, -0.2) is 16.2 Å². The molecular formula is C16H15NO2. The lowest BCUT2D eigenvalue weighted by Gasteiger charge is -2.23. The zero-order valence-corrected chi connectivity index (χ0v) is 10.4. The Morgan fingerprint density at radius 2 is 1.58 bits per heavy atom. The molecule has 0 radical (unpaired) electrons. The Morgan fingerprint density at radius 1 is 1.05 bits per heavy atom.